The number of benzene rings is 1. The number of alkyl halides is 2. The van der Waals surface area contributed by atoms with Gasteiger partial charge >= 0.3 is 0 Å². The first-order chi connectivity index (χ1) is 9.58. The molecule has 0 aromatic heterocycles. The van der Waals surface area contributed by atoms with Crippen LogP contribution < -0.4 is 5.32 Å². The lowest BCUT2D eigenvalue weighted by atomic mass is 10.0. The summed E-state index contributed by atoms with van der Waals surface area (Å²) in [7, 11) is 0. The number of hydrogen-bond donors (Lipinski definition) is 1. The lowest BCUT2D eigenvalue weighted by Gasteiger charge is -2.23. The topological polar surface area (TPSA) is 64.4 Å². The second-order valence-corrected chi connectivity index (χ2v) is 4.79. The summed E-state index contributed by atoms with van der Waals surface area (Å²) in [6.07, 6.45) is -0.793. The molecule has 1 aromatic rings. The summed E-state index contributed by atoms with van der Waals surface area (Å²) in [4.78, 5) is 9.94. The molecular formula is C13H16F2N2O3. The third-order valence-electron chi connectivity index (χ3n) is 3.32. The number of anilines is 1. The molecule has 1 N–H and O–H groups in total. The Hall–Kier alpha value is -1.76. The molecule has 2 rings (SSSR count). The summed E-state index contributed by atoms with van der Waals surface area (Å²) in [6.45, 7) is 1.89. The molecule has 0 aliphatic carbocycles. The van der Waals surface area contributed by atoms with Gasteiger partial charge in [0, 0.05) is 36.5 Å². The predicted octanol–water partition coefficient (Wildman–Crippen LogP) is 3.37. The molecule has 0 saturated carbocycles. The van der Waals surface area contributed by atoms with Crippen LogP contribution in [0, 0.1) is 16.0 Å². The van der Waals surface area contributed by atoms with Crippen molar-refractivity contribution in [1.82, 2.24) is 0 Å². The number of halogens is 2. The van der Waals surface area contributed by atoms with E-state index in [9.17, 15) is 18.9 Å². The molecule has 5 nitrogen and oxygen atoms in total. The van der Waals surface area contributed by atoms with Crippen molar-refractivity contribution in [2.45, 2.75) is 19.3 Å². The Kier molecular flexibility index (Phi) is 4.84. The Balaban J connectivity index is 2.07. The minimum absolute atomic E-state index is 0.246. The smallest absolute Gasteiger partial charge is 0.270 e. The normalized spacial score (nSPS) is 19.1. The van der Waals surface area contributed by atoms with Crippen molar-refractivity contribution in [3.63, 3.8) is 0 Å². The van der Waals surface area contributed by atoms with E-state index >= 15 is 0 Å². The van der Waals surface area contributed by atoms with E-state index in [-0.39, 0.29) is 22.9 Å². The number of nitro benzene ring substituents is 1. The fourth-order valence-corrected chi connectivity index (χ4v) is 2.23. The molecule has 20 heavy (non-hydrogen) atoms. The first kappa shape index (κ1) is 14.6. The lowest BCUT2D eigenvalue weighted by molar-refractivity contribution is -0.385. The maximum absolute atomic E-state index is 12.9. The number of hydrogen-bond acceptors (Lipinski definition) is 4. The van der Waals surface area contributed by atoms with Crippen LogP contribution in [0.15, 0.2) is 18.2 Å². The molecule has 1 aliphatic heterocycles. The van der Waals surface area contributed by atoms with Crippen LogP contribution in [-0.2, 0) is 4.74 Å². The molecular weight excluding hydrogens is 270 g/mol. The molecule has 1 unspecified atom stereocenters. The maximum Gasteiger partial charge on any atom is 0.270 e. The van der Waals surface area contributed by atoms with Crippen LogP contribution in [0.4, 0.5) is 20.2 Å². The van der Waals surface area contributed by atoms with Crippen molar-refractivity contribution in [2.75, 3.05) is 25.1 Å². The molecule has 1 atom stereocenters. The number of rotatable bonds is 5. The van der Waals surface area contributed by atoms with Crippen molar-refractivity contribution in [3.8, 4) is 0 Å². The lowest BCUT2D eigenvalue weighted by Crippen LogP contribution is -2.24. The van der Waals surface area contributed by atoms with Gasteiger partial charge in [0.15, 0.2) is 0 Å². The van der Waals surface area contributed by atoms with Gasteiger partial charge in [-0.1, -0.05) is 0 Å². The molecule has 1 heterocycles. The summed E-state index contributed by atoms with van der Waals surface area (Å²) in [5.41, 5.74) is -0.418. The molecule has 1 aromatic carbocycles. The highest BCUT2D eigenvalue weighted by molar-refractivity contribution is 5.56. The second-order valence-electron chi connectivity index (χ2n) is 4.79. The minimum atomic E-state index is -2.75. The largest absolute Gasteiger partial charge is 0.384 e. The zero-order valence-corrected chi connectivity index (χ0v) is 10.9. The van der Waals surface area contributed by atoms with E-state index < -0.39 is 11.3 Å². The third kappa shape index (κ3) is 3.63. The number of ether oxygens (including phenoxy) is 1. The van der Waals surface area contributed by atoms with Gasteiger partial charge in [0.2, 0.25) is 0 Å². The van der Waals surface area contributed by atoms with Gasteiger partial charge in [-0.3, -0.25) is 10.1 Å². The van der Waals surface area contributed by atoms with Crippen molar-refractivity contribution in [1.29, 1.82) is 0 Å². The van der Waals surface area contributed by atoms with Crippen LogP contribution in [-0.4, -0.2) is 24.7 Å². The highest BCUT2D eigenvalue weighted by Gasteiger charge is 2.19. The van der Waals surface area contributed by atoms with Gasteiger partial charge in [0.25, 0.3) is 12.1 Å². The molecule has 1 saturated heterocycles. The van der Waals surface area contributed by atoms with Crippen LogP contribution in [0.3, 0.4) is 0 Å². The Bertz CT molecular complexity index is 477. The van der Waals surface area contributed by atoms with Gasteiger partial charge in [-0.2, -0.15) is 0 Å². The van der Waals surface area contributed by atoms with Crippen LogP contribution in [0.25, 0.3) is 0 Å². The van der Waals surface area contributed by atoms with E-state index in [1.54, 1.807) is 0 Å². The van der Waals surface area contributed by atoms with Gasteiger partial charge in [0.05, 0.1) is 11.5 Å². The third-order valence-corrected chi connectivity index (χ3v) is 3.32. The average Bonchev–Trinajstić information content (AvgIpc) is 2.45. The van der Waals surface area contributed by atoms with E-state index in [0.29, 0.717) is 13.2 Å². The Labute approximate surface area is 115 Å². The van der Waals surface area contributed by atoms with Gasteiger partial charge < -0.3 is 10.1 Å². The van der Waals surface area contributed by atoms with Crippen molar-refractivity contribution in [2.24, 2.45) is 5.92 Å². The Morgan fingerprint density at radius 1 is 1.50 bits per heavy atom. The molecule has 7 heteroatoms. The van der Waals surface area contributed by atoms with E-state index in [1.165, 1.54) is 12.1 Å². The zero-order chi connectivity index (χ0) is 14.5. The predicted molar refractivity (Wildman–Crippen MR) is 70.1 cm³/mol. The van der Waals surface area contributed by atoms with E-state index in [1.807, 2.05) is 0 Å². The van der Waals surface area contributed by atoms with Crippen LogP contribution in [0.5, 0.6) is 0 Å². The first-order valence-electron chi connectivity index (χ1n) is 6.46. The van der Waals surface area contributed by atoms with Gasteiger partial charge in [-0.25, -0.2) is 8.78 Å². The van der Waals surface area contributed by atoms with Crippen molar-refractivity contribution >= 4 is 11.4 Å². The van der Waals surface area contributed by atoms with E-state index in [4.69, 9.17) is 4.74 Å². The second kappa shape index (κ2) is 6.60. The fraction of sp³-hybridized carbons (Fsp3) is 0.538. The van der Waals surface area contributed by atoms with Crippen LogP contribution in [0.1, 0.15) is 24.8 Å². The molecule has 0 amide bonds. The monoisotopic (exact) mass is 286 g/mol. The van der Waals surface area contributed by atoms with Crippen molar-refractivity contribution in [3.05, 3.63) is 33.9 Å². The van der Waals surface area contributed by atoms with Gasteiger partial charge in [0.1, 0.15) is 0 Å². The molecule has 0 bridgehead atoms. The summed E-state index contributed by atoms with van der Waals surface area (Å²) in [6, 6.07) is 3.49. The maximum atomic E-state index is 12.9. The van der Waals surface area contributed by atoms with Gasteiger partial charge in [-0.05, 0) is 24.8 Å². The van der Waals surface area contributed by atoms with E-state index in [0.717, 1.165) is 25.5 Å². The molecule has 1 fully saturated rings. The Morgan fingerprint density at radius 3 is 2.90 bits per heavy atom. The van der Waals surface area contributed by atoms with E-state index in [2.05, 4.69) is 5.32 Å². The summed E-state index contributed by atoms with van der Waals surface area (Å²) in [5.74, 6) is 0.282. The Morgan fingerprint density at radius 2 is 2.30 bits per heavy atom. The molecule has 1 aliphatic rings. The average molecular weight is 286 g/mol. The highest BCUT2D eigenvalue weighted by Crippen LogP contribution is 2.31. The first-order valence-corrected chi connectivity index (χ1v) is 6.46. The summed E-state index contributed by atoms with van der Waals surface area (Å²) < 4.78 is 31.2. The van der Waals surface area contributed by atoms with Crippen LogP contribution in [0.2, 0.25) is 0 Å². The van der Waals surface area contributed by atoms with Crippen molar-refractivity contribution < 1.29 is 18.4 Å². The van der Waals surface area contributed by atoms with Gasteiger partial charge in [-0.15, -0.1) is 0 Å². The molecule has 110 valence electrons. The minimum Gasteiger partial charge on any atom is -0.384 e. The fourth-order valence-electron chi connectivity index (χ4n) is 2.23. The SMILES string of the molecule is O=[N+]([O-])c1ccc(NCC2CCCOC2)c(C(F)F)c1. The summed E-state index contributed by atoms with van der Waals surface area (Å²) in [5, 5.41) is 13.6. The zero-order valence-electron chi connectivity index (χ0n) is 10.9. The standard InChI is InChI=1S/C13H16F2N2O3/c14-13(15)11-6-10(17(18)19)3-4-12(11)16-7-9-2-1-5-20-8-9/h3-4,6,9,13,16H,1-2,5,7-8H2. The highest BCUT2D eigenvalue weighted by atomic mass is 19.3. The van der Waals surface area contributed by atoms with Crippen LogP contribution >= 0.6 is 0 Å². The number of nitrogens with zero attached hydrogens (tertiary/aromatic N) is 1. The summed E-state index contributed by atoms with van der Waals surface area (Å²) >= 11 is 0. The number of non-ortho nitro benzene ring substituents is 1. The number of nitrogens with one attached hydrogen (secondary N) is 1. The molecule has 0 radical (unpaired) electrons. The number of nitro groups is 1. The quantitative estimate of drug-likeness (QED) is 0.665. The molecule has 0 spiro atoms.